The van der Waals surface area contributed by atoms with Gasteiger partial charge in [0.25, 0.3) is 0 Å². The Morgan fingerprint density at radius 3 is 2.36 bits per heavy atom. The van der Waals surface area contributed by atoms with Crippen molar-refractivity contribution in [1.29, 1.82) is 0 Å². The number of para-hydroxylation sites is 2. The molecule has 0 radical (unpaired) electrons. The molecule has 0 saturated carbocycles. The maximum Gasteiger partial charge on any atom is 0.234 e. The number of carbonyl (C=O) groups is 2. The smallest absolute Gasteiger partial charge is 0.234 e. The number of aromatic hydroxyl groups is 1. The molecule has 3 fully saturated rings. The number of imide groups is 1. The van der Waals surface area contributed by atoms with Gasteiger partial charge >= 0.3 is 0 Å². The minimum Gasteiger partial charge on any atom is -0.507 e. The number of benzene rings is 3. The summed E-state index contributed by atoms with van der Waals surface area (Å²) < 4.78 is 12.7. The van der Waals surface area contributed by atoms with Gasteiger partial charge in [0, 0.05) is 37.2 Å². The summed E-state index contributed by atoms with van der Waals surface area (Å²) in [5, 5.41) is 10.2. The van der Waals surface area contributed by atoms with E-state index >= 15 is 0 Å². The third-order valence-electron chi connectivity index (χ3n) is 10.5. The number of hydrogen-bond acceptors (Lipinski definition) is 6. The van der Waals surface area contributed by atoms with Crippen LogP contribution >= 0.6 is 0 Å². The summed E-state index contributed by atoms with van der Waals surface area (Å²) in [6.45, 7) is 5.53. The lowest BCUT2D eigenvalue weighted by Crippen LogP contribution is -2.47. The Labute approximate surface area is 277 Å². The first kappa shape index (κ1) is 31.4. The van der Waals surface area contributed by atoms with Crippen molar-refractivity contribution in [1.82, 2.24) is 9.80 Å². The first-order valence-electron chi connectivity index (χ1n) is 17.1. The van der Waals surface area contributed by atoms with Crippen molar-refractivity contribution in [2.24, 2.45) is 17.8 Å². The number of rotatable bonds is 10. The van der Waals surface area contributed by atoms with E-state index in [9.17, 15) is 14.7 Å². The third-order valence-corrected chi connectivity index (χ3v) is 10.5. The summed E-state index contributed by atoms with van der Waals surface area (Å²) >= 11 is 0. The zero-order valence-electron chi connectivity index (χ0n) is 27.1. The molecule has 4 aliphatic rings. The van der Waals surface area contributed by atoms with Gasteiger partial charge in [0.2, 0.25) is 11.8 Å². The number of phenolic OH excluding ortho intramolecular Hbond substituents is 1. The van der Waals surface area contributed by atoms with E-state index in [0.29, 0.717) is 19.6 Å². The molecule has 3 aromatic carbocycles. The zero-order valence-corrected chi connectivity index (χ0v) is 27.1. The summed E-state index contributed by atoms with van der Waals surface area (Å²) in [5.41, 5.74) is 5.50. The second kappa shape index (κ2) is 13.9. The van der Waals surface area contributed by atoms with Crippen molar-refractivity contribution in [2.45, 2.75) is 57.7 Å². The van der Waals surface area contributed by atoms with Crippen LogP contribution in [0.15, 0.2) is 102 Å². The highest BCUT2D eigenvalue weighted by molar-refractivity contribution is 6.06. The van der Waals surface area contributed by atoms with Gasteiger partial charge in [-0.05, 0) is 73.9 Å². The second-order valence-corrected chi connectivity index (χ2v) is 13.6. The molecule has 7 nitrogen and oxygen atoms in total. The molecule has 0 spiro atoms. The lowest BCUT2D eigenvalue weighted by Gasteiger charge is -2.36. The Bertz CT molecular complexity index is 1640. The van der Waals surface area contributed by atoms with E-state index in [2.05, 4.69) is 36.1 Å². The van der Waals surface area contributed by atoms with E-state index in [1.165, 1.54) is 11.1 Å². The largest absolute Gasteiger partial charge is 0.507 e. The molecule has 0 unspecified atom stereocenters. The molecule has 3 aromatic rings. The Balaban J connectivity index is 1.08. The van der Waals surface area contributed by atoms with Crippen LogP contribution in [0.5, 0.6) is 11.5 Å². The highest BCUT2D eigenvalue weighted by atomic mass is 16.5. The van der Waals surface area contributed by atoms with Crippen LogP contribution in [0.1, 0.15) is 50.2 Å². The molecule has 7 rings (SSSR count). The van der Waals surface area contributed by atoms with Crippen LogP contribution in [0.2, 0.25) is 0 Å². The number of hydrogen-bond donors (Lipinski definition) is 1. The fourth-order valence-corrected chi connectivity index (χ4v) is 8.16. The van der Waals surface area contributed by atoms with Crippen LogP contribution in [0.4, 0.5) is 0 Å². The Hall–Kier alpha value is -4.20. The lowest BCUT2D eigenvalue weighted by atomic mass is 9.69. The number of likely N-dealkylation sites (tertiary alicyclic amines) is 2. The van der Waals surface area contributed by atoms with Crippen molar-refractivity contribution in [3.63, 3.8) is 0 Å². The number of piperidine rings is 1. The minimum atomic E-state index is -0.372. The predicted octanol–water partition coefficient (Wildman–Crippen LogP) is 6.64. The van der Waals surface area contributed by atoms with Gasteiger partial charge in [0.05, 0.1) is 24.5 Å². The number of carbonyl (C=O) groups excluding carboxylic acids is 2. The SMILES string of the molecule is C/C(=C\c1ccccc1O)CC[C@H]1OC[C@H]2C1=C(COc1ccccc1)C[C@H]1C(=O)N(C3CCN(Cc4ccccc4)CC3)C(=O)[C@H]12. The Morgan fingerprint density at radius 2 is 1.62 bits per heavy atom. The van der Waals surface area contributed by atoms with Crippen LogP contribution in [0, 0.1) is 17.8 Å². The summed E-state index contributed by atoms with van der Waals surface area (Å²) in [6, 6.07) is 27.5. The molecular formula is C40H44N2O5. The van der Waals surface area contributed by atoms with Gasteiger partial charge in [0.1, 0.15) is 18.1 Å². The number of amides is 2. The van der Waals surface area contributed by atoms with Gasteiger partial charge in [0.15, 0.2) is 0 Å². The van der Waals surface area contributed by atoms with Crippen LogP contribution in [0.25, 0.3) is 6.08 Å². The standard InChI is InChI=1S/C40H44N2O5/c1-27(22-29-12-8-9-15-35(29)43)16-17-36-37-30(25-46-32-13-6-3-7-14-32)23-33-38(34(37)26-47-36)40(45)42(39(33)44)31-18-20-41(21-19-31)24-28-10-4-2-5-11-28/h2-15,22,31,33-34,36,38,43H,16-21,23-26H2,1H3/b27-22+/t33-,34+,36-,38-/m1/s1. The molecular weight excluding hydrogens is 588 g/mol. The number of allylic oxidation sites excluding steroid dienone is 1. The van der Waals surface area contributed by atoms with Crippen molar-refractivity contribution in [2.75, 3.05) is 26.3 Å². The van der Waals surface area contributed by atoms with Crippen molar-refractivity contribution in [3.05, 3.63) is 113 Å². The van der Waals surface area contributed by atoms with E-state index in [1.54, 1.807) is 11.0 Å². The maximum atomic E-state index is 14.2. The Morgan fingerprint density at radius 1 is 0.915 bits per heavy atom. The zero-order chi connectivity index (χ0) is 32.3. The van der Waals surface area contributed by atoms with Crippen LogP contribution < -0.4 is 4.74 Å². The summed E-state index contributed by atoms with van der Waals surface area (Å²) in [4.78, 5) is 32.4. The number of nitrogens with zero attached hydrogens (tertiary/aromatic N) is 2. The molecule has 3 saturated heterocycles. The van der Waals surface area contributed by atoms with E-state index in [0.717, 1.165) is 67.8 Å². The number of ether oxygens (including phenoxy) is 2. The summed E-state index contributed by atoms with van der Waals surface area (Å²) in [7, 11) is 0. The van der Waals surface area contributed by atoms with E-state index in [1.807, 2.05) is 60.7 Å². The van der Waals surface area contributed by atoms with Gasteiger partial charge in [-0.3, -0.25) is 19.4 Å². The van der Waals surface area contributed by atoms with Gasteiger partial charge in [-0.2, -0.15) is 0 Å². The molecule has 4 atom stereocenters. The molecule has 7 heteroatoms. The first-order chi connectivity index (χ1) is 23.0. The maximum absolute atomic E-state index is 14.2. The topological polar surface area (TPSA) is 79.3 Å². The first-order valence-corrected chi connectivity index (χ1v) is 17.1. The number of fused-ring (bicyclic) bond motifs is 3. The van der Waals surface area contributed by atoms with Gasteiger partial charge in [-0.25, -0.2) is 0 Å². The summed E-state index contributed by atoms with van der Waals surface area (Å²) in [6.07, 6.45) is 5.58. The molecule has 1 aliphatic carbocycles. The van der Waals surface area contributed by atoms with Crippen molar-refractivity contribution in [3.8, 4) is 11.5 Å². The molecule has 2 amide bonds. The van der Waals surface area contributed by atoms with Gasteiger partial charge < -0.3 is 14.6 Å². The fourth-order valence-electron chi connectivity index (χ4n) is 8.16. The molecule has 244 valence electrons. The van der Waals surface area contributed by atoms with Crippen molar-refractivity contribution >= 4 is 17.9 Å². The quantitative estimate of drug-likeness (QED) is 0.200. The number of phenols is 1. The normalized spacial score (nSPS) is 25.3. The average Bonchev–Trinajstić information content (AvgIpc) is 3.63. The lowest BCUT2D eigenvalue weighted by molar-refractivity contribution is -0.144. The third kappa shape index (κ3) is 6.65. The summed E-state index contributed by atoms with van der Waals surface area (Å²) in [5.74, 6) is 0.182. The van der Waals surface area contributed by atoms with Crippen LogP contribution in [0.3, 0.4) is 0 Å². The monoisotopic (exact) mass is 632 g/mol. The Kier molecular flexibility index (Phi) is 9.27. The molecule has 0 aromatic heterocycles. The van der Waals surface area contributed by atoms with E-state index in [-0.39, 0.29) is 47.5 Å². The second-order valence-electron chi connectivity index (χ2n) is 13.6. The van der Waals surface area contributed by atoms with Crippen LogP contribution in [-0.4, -0.2) is 65.2 Å². The van der Waals surface area contributed by atoms with E-state index < -0.39 is 0 Å². The molecule has 0 bridgehead atoms. The average molecular weight is 633 g/mol. The molecule has 3 aliphatic heterocycles. The van der Waals surface area contributed by atoms with Crippen molar-refractivity contribution < 1.29 is 24.2 Å². The van der Waals surface area contributed by atoms with E-state index in [4.69, 9.17) is 9.47 Å². The predicted molar refractivity (Wildman–Crippen MR) is 181 cm³/mol. The molecule has 47 heavy (non-hydrogen) atoms. The highest BCUT2D eigenvalue weighted by Gasteiger charge is 2.58. The fraction of sp³-hybridized carbons (Fsp3) is 0.400. The van der Waals surface area contributed by atoms with Gasteiger partial charge in [-0.15, -0.1) is 0 Å². The minimum absolute atomic E-state index is 0.00748. The highest BCUT2D eigenvalue weighted by Crippen LogP contribution is 2.50. The molecule has 1 N–H and O–H groups in total. The van der Waals surface area contributed by atoms with Crippen LogP contribution in [-0.2, 0) is 20.9 Å². The van der Waals surface area contributed by atoms with Gasteiger partial charge in [-0.1, -0.05) is 78.4 Å². The molecule has 3 heterocycles.